The Hall–Kier alpha value is -0.820. The summed E-state index contributed by atoms with van der Waals surface area (Å²) >= 11 is 0. The summed E-state index contributed by atoms with van der Waals surface area (Å²) in [6, 6.07) is 6.54. The van der Waals surface area contributed by atoms with Crippen molar-refractivity contribution in [1.29, 1.82) is 0 Å². The molecule has 0 bridgehead atoms. The molecule has 0 aliphatic rings. The lowest BCUT2D eigenvalue weighted by Gasteiger charge is -2.12. The average molecular weight is 192 g/mol. The Morgan fingerprint density at radius 2 is 1.64 bits per heavy atom. The van der Waals surface area contributed by atoms with Crippen LogP contribution in [0.1, 0.15) is 37.0 Å². The number of rotatable bonds is 5. The van der Waals surface area contributed by atoms with Gasteiger partial charge in [0, 0.05) is 6.61 Å². The Kier molecular flexibility index (Phi) is 4.68. The molecule has 0 aliphatic heterocycles. The fourth-order valence-corrected chi connectivity index (χ4v) is 1.93. The van der Waals surface area contributed by atoms with Gasteiger partial charge >= 0.3 is 0 Å². The third-order valence-electron chi connectivity index (χ3n) is 2.72. The first-order chi connectivity index (χ1) is 6.83. The van der Waals surface area contributed by atoms with Gasteiger partial charge in [0.1, 0.15) is 0 Å². The lowest BCUT2D eigenvalue weighted by molar-refractivity contribution is 0.288. The normalized spacial score (nSPS) is 10.5. The Balaban J connectivity index is 2.93. The molecule has 0 heterocycles. The van der Waals surface area contributed by atoms with Gasteiger partial charge in [-0.15, -0.1) is 0 Å². The van der Waals surface area contributed by atoms with Gasteiger partial charge < -0.3 is 5.11 Å². The number of aliphatic hydroxyl groups is 1. The minimum Gasteiger partial charge on any atom is -0.396 e. The molecule has 1 aromatic rings. The van der Waals surface area contributed by atoms with Crippen molar-refractivity contribution in [3.8, 4) is 0 Å². The van der Waals surface area contributed by atoms with Gasteiger partial charge in [0.25, 0.3) is 0 Å². The zero-order valence-corrected chi connectivity index (χ0v) is 9.21. The van der Waals surface area contributed by atoms with Gasteiger partial charge in [0.15, 0.2) is 0 Å². The summed E-state index contributed by atoms with van der Waals surface area (Å²) in [6.45, 7) is 4.68. The molecule has 0 unspecified atom stereocenters. The predicted octanol–water partition coefficient (Wildman–Crippen LogP) is 2.74. The SMILES string of the molecule is CCc1cccc(CC)c1CCCO. The first-order valence-electron chi connectivity index (χ1n) is 5.54. The second kappa shape index (κ2) is 5.82. The molecule has 1 rings (SSSR count). The summed E-state index contributed by atoms with van der Waals surface area (Å²) in [5.74, 6) is 0. The topological polar surface area (TPSA) is 20.2 Å². The molecule has 1 N–H and O–H groups in total. The standard InChI is InChI=1S/C13H20O/c1-3-11-7-5-8-12(4-2)13(11)9-6-10-14/h5,7-8,14H,3-4,6,9-10H2,1-2H3. The number of aryl methyl sites for hydroxylation is 2. The van der Waals surface area contributed by atoms with Crippen LogP contribution in [0.2, 0.25) is 0 Å². The molecule has 14 heavy (non-hydrogen) atoms. The molecule has 1 heteroatoms. The van der Waals surface area contributed by atoms with Crippen molar-refractivity contribution in [2.24, 2.45) is 0 Å². The molecule has 0 spiro atoms. The molecule has 0 aromatic heterocycles. The van der Waals surface area contributed by atoms with E-state index in [4.69, 9.17) is 5.11 Å². The third kappa shape index (κ3) is 2.58. The van der Waals surface area contributed by atoms with Crippen LogP contribution in [0.3, 0.4) is 0 Å². The van der Waals surface area contributed by atoms with Crippen molar-refractivity contribution >= 4 is 0 Å². The molecular formula is C13H20O. The van der Waals surface area contributed by atoms with Crippen LogP contribution in [-0.2, 0) is 19.3 Å². The van der Waals surface area contributed by atoms with Gasteiger partial charge in [-0.1, -0.05) is 32.0 Å². The molecule has 0 saturated carbocycles. The first kappa shape index (κ1) is 11.3. The second-order valence-electron chi connectivity index (χ2n) is 3.59. The minimum atomic E-state index is 0.293. The van der Waals surface area contributed by atoms with E-state index in [2.05, 4.69) is 32.0 Å². The van der Waals surface area contributed by atoms with Gasteiger partial charge in [-0.2, -0.15) is 0 Å². The van der Waals surface area contributed by atoms with E-state index in [1.807, 2.05) is 0 Å². The van der Waals surface area contributed by atoms with Gasteiger partial charge in [0.05, 0.1) is 0 Å². The molecule has 0 amide bonds. The number of aliphatic hydroxyl groups excluding tert-OH is 1. The summed E-state index contributed by atoms with van der Waals surface area (Å²) in [5.41, 5.74) is 4.35. The average Bonchev–Trinajstić information content (AvgIpc) is 2.25. The highest BCUT2D eigenvalue weighted by Gasteiger charge is 2.04. The Labute approximate surface area is 86.8 Å². The smallest absolute Gasteiger partial charge is 0.0434 e. The van der Waals surface area contributed by atoms with E-state index < -0.39 is 0 Å². The highest BCUT2D eigenvalue weighted by atomic mass is 16.2. The summed E-state index contributed by atoms with van der Waals surface area (Å²) in [6.07, 6.45) is 4.08. The number of hydrogen-bond acceptors (Lipinski definition) is 1. The largest absolute Gasteiger partial charge is 0.396 e. The Bertz CT molecular complexity index is 256. The zero-order chi connectivity index (χ0) is 10.4. The monoisotopic (exact) mass is 192 g/mol. The maximum atomic E-state index is 8.85. The maximum absolute atomic E-state index is 8.85. The van der Waals surface area contributed by atoms with Gasteiger partial charge in [0.2, 0.25) is 0 Å². The fourth-order valence-electron chi connectivity index (χ4n) is 1.93. The van der Waals surface area contributed by atoms with Crippen LogP contribution in [0.25, 0.3) is 0 Å². The van der Waals surface area contributed by atoms with Crippen LogP contribution >= 0.6 is 0 Å². The van der Waals surface area contributed by atoms with E-state index in [9.17, 15) is 0 Å². The summed E-state index contributed by atoms with van der Waals surface area (Å²) in [5, 5.41) is 8.85. The second-order valence-corrected chi connectivity index (χ2v) is 3.59. The summed E-state index contributed by atoms with van der Waals surface area (Å²) in [7, 11) is 0. The Morgan fingerprint density at radius 1 is 1.07 bits per heavy atom. The molecule has 78 valence electrons. The van der Waals surface area contributed by atoms with Crippen LogP contribution in [0.4, 0.5) is 0 Å². The van der Waals surface area contributed by atoms with Crippen molar-refractivity contribution in [2.45, 2.75) is 39.5 Å². The van der Waals surface area contributed by atoms with Crippen LogP contribution in [0.15, 0.2) is 18.2 Å². The number of hydrogen-bond donors (Lipinski definition) is 1. The van der Waals surface area contributed by atoms with E-state index in [0.29, 0.717) is 6.61 Å². The molecule has 0 saturated heterocycles. The lowest BCUT2D eigenvalue weighted by Crippen LogP contribution is -2.00. The molecule has 0 aliphatic carbocycles. The molecule has 0 fully saturated rings. The zero-order valence-electron chi connectivity index (χ0n) is 9.21. The predicted molar refractivity (Wildman–Crippen MR) is 60.6 cm³/mol. The van der Waals surface area contributed by atoms with Crippen molar-refractivity contribution in [3.05, 3.63) is 34.9 Å². The van der Waals surface area contributed by atoms with Gasteiger partial charge in [-0.05, 0) is 42.4 Å². The number of benzene rings is 1. The highest BCUT2D eigenvalue weighted by molar-refractivity contribution is 5.35. The van der Waals surface area contributed by atoms with Crippen molar-refractivity contribution in [1.82, 2.24) is 0 Å². The third-order valence-corrected chi connectivity index (χ3v) is 2.72. The van der Waals surface area contributed by atoms with Crippen LogP contribution < -0.4 is 0 Å². The van der Waals surface area contributed by atoms with Gasteiger partial charge in [-0.3, -0.25) is 0 Å². The highest BCUT2D eigenvalue weighted by Crippen LogP contribution is 2.18. The van der Waals surface area contributed by atoms with E-state index in [-0.39, 0.29) is 0 Å². The van der Waals surface area contributed by atoms with E-state index in [1.54, 1.807) is 0 Å². The molecule has 1 nitrogen and oxygen atoms in total. The van der Waals surface area contributed by atoms with Crippen LogP contribution in [-0.4, -0.2) is 11.7 Å². The van der Waals surface area contributed by atoms with Crippen LogP contribution in [0, 0.1) is 0 Å². The minimum absolute atomic E-state index is 0.293. The quantitative estimate of drug-likeness (QED) is 0.760. The molecular weight excluding hydrogens is 172 g/mol. The summed E-state index contributed by atoms with van der Waals surface area (Å²) < 4.78 is 0. The Morgan fingerprint density at radius 3 is 2.07 bits per heavy atom. The first-order valence-corrected chi connectivity index (χ1v) is 5.54. The van der Waals surface area contributed by atoms with E-state index >= 15 is 0 Å². The van der Waals surface area contributed by atoms with Crippen LogP contribution in [0.5, 0.6) is 0 Å². The van der Waals surface area contributed by atoms with E-state index in [0.717, 1.165) is 25.7 Å². The molecule has 0 radical (unpaired) electrons. The van der Waals surface area contributed by atoms with Crippen molar-refractivity contribution in [3.63, 3.8) is 0 Å². The van der Waals surface area contributed by atoms with E-state index in [1.165, 1.54) is 16.7 Å². The maximum Gasteiger partial charge on any atom is 0.0434 e. The van der Waals surface area contributed by atoms with Crippen molar-refractivity contribution in [2.75, 3.05) is 6.61 Å². The fraction of sp³-hybridized carbons (Fsp3) is 0.538. The van der Waals surface area contributed by atoms with Crippen molar-refractivity contribution < 1.29 is 5.11 Å². The summed E-state index contributed by atoms with van der Waals surface area (Å²) in [4.78, 5) is 0. The lowest BCUT2D eigenvalue weighted by atomic mass is 9.94. The molecule has 1 aromatic carbocycles. The van der Waals surface area contributed by atoms with Gasteiger partial charge in [-0.25, -0.2) is 0 Å². The molecule has 0 atom stereocenters.